The van der Waals surface area contributed by atoms with Gasteiger partial charge in [0.2, 0.25) is 0 Å². The van der Waals surface area contributed by atoms with Gasteiger partial charge in [0.1, 0.15) is 0 Å². The van der Waals surface area contributed by atoms with Gasteiger partial charge in [-0.3, -0.25) is 0 Å². The number of hydrogen-bond donors (Lipinski definition) is 0. The molecular formula is C9H20Mg. The van der Waals surface area contributed by atoms with Crippen molar-refractivity contribution >= 4 is 23.1 Å². The van der Waals surface area contributed by atoms with E-state index in [9.17, 15) is 0 Å². The van der Waals surface area contributed by atoms with E-state index in [0.717, 1.165) is 0 Å². The molecule has 0 amide bonds. The Kier molecular flexibility index (Phi) is 38.4. The standard InChI is InChI=1S/C5H10.2C2H5.Mg/c1-2-4-5-3-1;2*1-2;/h1-5H2;2*1H2,2H3;/q;2*-1;+2. The molecule has 0 spiro atoms. The fourth-order valence-electron chi connectivity index (χ4n) is 0.884. The molecule has 0 unspecified atom stereocenters. The van der Waals surface area contributed by atoms with Crippen LogP contribution in [0.15, 0.2) is 0 Å². The van der Waals surface area contributed by atoms with E-state index in [1.54, 1.807) is 13.8 Å². The van der Waals surface area contributed by atoms with Crippen molar-refractivity contribution in [2.24, 2.45) is 0 Å². The number of hydrogen-bond acceptors (Lipinski definition) is 0. The summed E-state index contributed by atoms with van der Waals surface area (Å²) in [5, 5.41) is 0. The van der Waals surface area contributed by atoms with Gasteiger partial charge in [0, 0.05) is 0 Å². The third-order valence-electron chi connectivity index (χ3n) is 1.25. The van der Waals surface area contributed by atoms with Crippen molar-refractivity contribution < 1.29 is 0 Å². The van der Waals surface area contributed by atoms with Gasteiger partial charge in [-0.2, -0.15) is 13.8 Å². The zero-order chi connectivity index (χ0) is 7.54. The summed E-state index contributed by atoms with van der Waals surface area (Å²) in [4.78, 5) is 0. The maximum Gasteiger partial charge on any atom is 2.00 e. The molecule has 1 saturated carbocycles. The van der Waals surface area contributed by atoms with Gasteiger partial charge < -0.3 is 13.8 Å². The van der Waals surface area contributed by atoms with E-state index in [1.807, 2.05) is 0 Å². The Balaban J connectivity index is -0.0000000875. The van der Waals surface area contributed by atoms with Crippen LogP contribution in [-0.4, -0.2) is 23.1 Å². The normalized spacial score (nSPS) is 13.2. The van der Waals surface area contributed by atoms with Crippen LogP contribution in [0.2, 0.25) is 0 Å². The molecular weight excluding hydrogens is 132 g/mol. The fraction of sp³-hybridized carbons (Fsp3) is 0.778. The van der Waals surface area contributed by atoms with Crippen molar-refractivity contribution in [3.8, 4) is 0 Å². The van der Waals surface area contributed by atoms with E-state index >= 15 is 0 Å². The molecule has 0 radical (unpaired) electrons. The topological polar surface area (TPSA) is 0 Å². The first-order valence-electron chi connectivity index (χ1n) is 3.91. The molecule has 0 saturated heterocycles. The minimum absolute atomic E-state index is 0. The first-order chi connectivity index (χ1) is 4.50. The average molecular weight is 153 g/mol. The van der Waals surface area contributed by atoms with E-state index in [0.29, 0.717) is 0 Å². The van der Waals surface area contributed by atoms with Crippen LogP contribution in [0.25, 0.3) is 0 Å². The molecule has 1 fully saturated rings. The predicted octanol–water partition coefficient (Wildman–Crippen LogP) is 3.25. The average Bonchev–Trinajstić information content (AvgIpc) is 2.51. The first kappa shape index (κ1) is 17.0. The van der Waals surface area contributed by atoms with E-state index in [2.05, 4.69) is 13.8 Å². The van der Waals surface area contributed by atoms with Crippen molar-refractivity contribution in [3.05, 3.63) is 13.8 Å². The van der Waals surface area contributed by atoms with Gasteiger partial charge in [0.05, 0.1) is 0 Å². The largest absolute Gasteiger partial charge is 2.00 e. The molecule has 0 bridgehead atoms. The summed E-state index contributed by atoms with van der Waals surface area (Å²) < 4.78 is 0. The predicted molar refractivity (Wildman–Crippen MR) is 50.9 cm³/mol. The van der Waals surface area contributed by atoms with Gasteiger partial charge in [-0.15, -0.1) is 0 Å². The third-order valence-corrected chi connectivity index (χ3v) is 1.25. The summed E-state index contributed by atoms with van der Waals surface area (Å²) in [5.41, 5.74) is 0. The maximum atomic E-state index is 3.25. The minimum atomic E-state index is 0. The molecule has 0 nitrogen and oxygen atoms in total. The minimum Gasteiger partial charge on any atom is -0.346 e. The summed E-state index contributed by atoms with van der Waals surface area (Å²) in [7, 11) is 0. The zero-order valence-corrected chi connectivity index (χ0v) is 9.07. The molecule has 10 heavy (non-hydrogen) atoms. The molecule has 1 heteroatoms. The first-order valence-corrected chi connectivity index (χ1v) is 3.91. The molecule has 1 aliphatic carbocycles. The van der Waals surface area contributed by atoms with Crippen LogP contribution >= 0.6 is 0 Å². The Labute approximate surface area is 82.9 Å². The molecule has 1 aliphatic rings. The van der Waals surface area contributed by atoms with Crippen molar-refractivity contribution in [1.29, 1.82) is 0 Å². The summed E-state index contributed by atoms with van der Waals surface area (Å²) in [5.74, 6) is 0. The maximum absolute atomic E-state index is 3.25. The van der Waals surface area contributed by atoms with Crippen molar-refractivity contribution in [2.45, 2.75) is 46.0 Å². The van der Waals surface area contributed by atoms with E-state index < -0.39 is 0 Å². The van der Waals surface area contributed by atoms with Gasteiger partial charge in [-0.1, -0.05) is 32.1 Å². The molecule has 58 valence electrons. The smallest absolute Gasteiger partial charge is 0.346 e. The van der Waals surface area contributed by atoms with Crippen LogP contribution in [0.3, 0.4) is 0 Å². The fourth-order valence-corrected chi connectivity index (χ4v) is 0.884. The van der Waals surface area contributed by atoms with Crippen LogP contribution in [0.4, 0.5) is 0 Å². The van der Waals surface area contributed by atoms with Crippen molar-refractivity contribution in [3.63, 3.8) is 0 Å². The van der Waals surface area contributed by atoms with Gasteiger partial charge in [0.25, 0.3) is 0 Å². The SMILES string of the molecule is C1CCCC1.[CH2-]C.[CH2-]C.[Mg+2]. The second kappa shape index (κ2) is 22.6. The molecule has 0 atom stereocenters. The van der Waals surface area contributed by atoms with E-state index in [-0.39, 0.29) is 23.1 Å². The van der Waals surface area contributed by atoms with Gasteiger partial charge in [0.15, 0.2) is 0 Å². The summed E-state index contributed by atoms with van der Waals surface area (Å²) in [6, 6.07) is 0. The molecule has 1 rings (SSSR count). The Morgan fingerprint density at radius 3 is 0.800 bits per heavy atom. The molecule has 0 aromatic rings. The van der Waals surface area contributed by atoms with Crippen molar-refractivity contribution in [2.75, 3.05) is 0 Å². The van der Waals surface area contributed by atoms with Crippen LogP contribution < -0.4 is 0 Å². The summed E-state index contributed by atoms with van der Waals surface area (Å²) in [6.45, 7) is 10.0. The molecule has 0 aromatic carbocycles. The Hall–Kier alpha value is 0.766. The van der Waals surface area contributed by atoms with E-state index in [1.165, 1.54) is 32.1 Å². The van der Waals surface area contributed by atoms with Crippen LogP contribution in [0.5, 0.6) is 0 Å². The van der Waals surface area contributed by atoms with Crippen LogP contribution in [0.1, 0.15) is 46.0 Å². The molecule has 0 N–H and O–H groups in total. The summed E-state index contributed by atoms with van der Waals surface area (Å²) >= 11 is 0. The monoisotopic (exact) mass is 152 g/mol. The Morgan fingerprint density at radius 1 is 0.600 bits per heavy atom. The van der Waals surface area contributed by atoms with Gasteiger partial charge in [-0.05, 0) is 0 Å². The second-order valence-electron chi connectivity index (χ2n) is 1.77. The molecule has 0 aromatic heterocycles. The van der Waals surface area contributed by atoms with Gasteiger partial charge in [-0.25, -0.2) is 0 Å². The Morgan fingerprint density at radius 2 is 0.700 bits per heavy atom. The number of rotatable bonds is 0. The summed E-state index contributed by atoms with van der Waals surface area (Å²) in [6.07, 6.45) is 7.50. The molecule has 0 heterocycles. The van der Waals surface area contributed by atoms with Crippen molar-refractivity contribution in [1.82, 2.24) is 0 Å². The van der Waals surface area contributed by atoms with E-state index in [4.69, 9.17) is 0 Å². The van der Waals surface area contributed by atoms with Crippen LogP contribution in [-0.2, 0) is 0 Å². The van der Waals surface area contributed by atoms with Crippen LogP contribution in [0, 0.1) is 13.8 Å². The quantitative estimate of drug-likeness (QED) is 0.369. The second-order valence-corrected chi connectivity index (χ2v) is 1.77. The third kappa shape index (κ3) is 15.9. The van der Waals surface area contributed by atoms with Gasteiger partial charge >= 0.3 is 23.1 Å². The zero-order valence-electron chi connectivity index (χ0n) is 7.66. The molecule has 0 aliphatic heterocycles. The Bertz CT molecular complexity index is 16.3.